The second-order valence-corrected chi connectivity index (χ2v) is 6.50. The SMILES string of the molecule is CCOC1(CC=CC(C)(C)C)CCCCCC1. The van der Waals surface area contributed by atoms with Gasteiger partial charge in [-0.2, -0.15) is 0 Å². The average Bonchev–Trinajstić information content (AvgIpc) is 2.43. The lowest BCUT2D eigenvalue weighted by Crippen LogP contribution is -2.31. The second-order valence-electron chi connectivity index (χ2n) is 6.50. The van der Waals surface area contributed by atoms with Gasteiger partial charge in [-0.15, -0.1) is 0 Å². The third-order valence-corrected chi connectivity index (χ3v) is 3.57. The summed E-state index contributed by atoms with van der Waals surface area (Å²) >= 11 is 0. The van der Waals surface area contributed by atoms with Gasteiger partial charge >= 0.3 is 0 Å². The topological polar surface area (TPSA) is 9.23 Å². The van der Waals surface area contributed by atoms with Crippen LogP contribution in [0.2, 0.25) is 0 Å². The molecule has 17 heavy (non-hydrogen) atoms. The standard InChI is InChI=1S/C16H30O/c1-5-17-16(12-8-6-7-9-13-16)14-10-11-15(2,3)4/h10-11H,5-9,12-14H2,1-4H3. The first kappa shape index (κ1) is 14.8. The molecule has 100 valence electrons. The predicted octanol–water partition coefficient (Wildman–Crippen LogP) is 5.11. The van der Waals surface area contributed by atoms with Crippen molar-refractivity contribution < 1.29 is 4.74 Å². The Kier molecular flexibility index (Phi) is 5.72. The maximum Gasteiger partial charge on any atom is 0.0716 e. The zero-order valence-electron chi connectivity index (χ0n) is 12.2. The van der Waals surface area contributed by atoms with Crippen LogP contribution in [0.15, 0.2) is 12.2 Å². The molecule has 0 radical (unpaired) electrons. The van der Waals surface area contributed by atoms with Gasteiger partial charge in [0.05, 0.1) is 5.60 Å². The largest absolute Gasteiger partial charge is 0.375 e. The first-order chi connectivity index (χ1) is 7.97. The lowest BCUT2D eigenvalue weighted by molar-refractivity contribution is -0.0480. The smallest absolute Gasteiger partial charge is 0.0716 e. The Hall–Kier alpha value is -0.300. The van der Waals surface area contributed by atoms with Gasteiger partial charge < -0.3 is 4.74 Å². The summed E-state index contributed by atoms with van der Waals surface area (Å²) in [6.45, 7) is 9.74. The lowest BCUT2D eigenvalue weighted by Gasteiger charge is -2.32. The molecule has 1 fully saturated rings. The molecule has 1 aliphatic rings. The zero-order valence-corrected chi connectivity index (χ0v) is 12.2. The zero-order chi connectivity index (χ0) is 12.8. The van der Waals surface area contributed by atoms with Crippen LogP contribution in [0.25, 0.3) is 0 Å². The average molecular weight is 238 g/mol. The summed E-state index contributed by atoms with van der Waals surface area (Å²) in [5.74, 6) is 0. The fourth-order valence-corrected chi connectivity index (χ4v) is 2.71. The third kappa shape index (κ3) is 5.72. The molecule has 1 nitrogen and oxygen atoms in total. The van der Waals surface area contributed by atoms with Gasteiger partial charge in [0.15, 0.2) is 0 Å². The van der Waals surface area contributed by atoms with Gasteiger partial charge in [-0.1, -0.05) is 58.6 Å². The van der Waals surface area contributed by atoms with Gasteiger partial charge in [0.25, 0.3) is 0 Å². The molecule has 0 aromatic carbocycles. The first-order valence-corrected chi connectivity index (χ1v) is 7.29. The van der Waals surface area contributed by atoms with Crippen LogP contribution >= 0.6 is 0 Å². The summed E-state index contributed by atoms with van der Waals surface area (Å²) in [6, 6.07) is 0. The molecular weight excluding hydrogens is 208 g/mol. The van der Waals surface area contributed by atoms with Crippen molar-refractivity contribution >= 4 is 0 Å². The highest BCUT2D eigenvalue weighted by Crippen LogP contribution is 2.34. The van der Waals surface area contributed by atoms with Crippen molar-refractivity contribution in [3.63, 3.8) is 0 Å². The quantitative estimate of drug-likeness (QED) is 0.488. The normalized spacial score (nSPS) is 21.6. The van der Waals surface area contributed by atoms with Crippen LogP contribution in [0.1, 0.15) is 72.6 Å². The van der Waals surface area contributed by atoms with E-state index in [1.54, 1.807) is 0 Å². The van der Waals surface area contributed by atoms with Crippen LogP contribution in [-0.4, -0.2) is 12.2 Å². The molecule has 0 unspecified atom stereocenters. The van der Waals surface area contributed by atoms with Crippen LogP contribution in [-0.2, 0) is 4.74 Å². The summed E-state index contributed by atoms with van der Waals surface area (Å²) in [5, 5.41) is 0. The molecule has 0 aromatic heterocycles. The Morgan fingerprint density at radius 1 is 1.06 bits per heavy atom. The van der Waals surface area contributed by atoms with Crippen molar-refractivity contribution in [1.82, 2.24) is 0 Å². The Balaban J connectivity index is 2.60. The van der Waals surface area contributed by atoms with Crippen LogP contribution in [0, 0.1) is 5.41 Å². The van der Waals surface area contributed by atoms with Crippen LogP contribution < -0.4 is 0 Å². The molecule has 0 aromatic rings. The highest BCUT2D eigenvalue weighted by Gasteiger charge is 2.30. The van der Waals surface area contributed by atoms with Gasteiger partial charge in [-0.3, -0.25) is 0 Å². The van der Waals surface area contributed by atoms with E-state index < -0.39 is 0 Å². The molecule has 0 saturated heterocycles. The molecule has 0 N–H and O–H groups in total. The summed E-state index contributed by atoms with van der Waals surface area (Å²) in [7, 11) is 0. The molecule has 0 heterocycles. The molecule has 1 saturated carbocycles. The van der Waals surface area contributed by atoms with Crippen molar-refractivity contribution in [2.45, 2.75) is 78.2 Å². The number of ether oxygens (including phenoxy) is 1. The van der Waals surface area contributed by atoms with Gasteiger partial charge in [0.2, 0.25) is 0 Å². The molecule has 0 atom stereocenters. The summed E-state index contributed by atoms with van der Waals surface area (Å²) in [6.07, 6.45) is 13.7. The molecule has 0 spiro atoms. The minimum Gasteiger partial charge on any atom is -0.375 e. The van der Waals surface area contributed by atoms with Crippen molar-refractivity contribution in [1.29, 1.82) is 0 Å². The molecular formula is C16H30O. The van der Waals surface area contributed by atoms with E-state index in [0.717, 1.165) is 13.0 Å². The number of allylic oxidation sites excluding steroid dienone is 1. The van der Waals surface area contributed by atoms with Crippen LogP contribution in [0.3, 0.4) is 0 Å². The lowest BCUT2D eigenvalue weighted by atomic mass is 9.88. The van der Waals surface area contributed by atoms with E-state index in [9.17, 15) is 0 Å². The summed E-state index contributed by atoms with van der Waals surface area (Å²) in [5.41, 5.74) is 0.436. The monoisotopic (exact) mass is 238 g/mol. The van der Waals surface area contributed by atoms with E-state index >= 15 is 0 Å². The molecule has 1 rings (SSSR count). The van der Waals surface area contributed by atoms with E-state index in [1.807, 2.05) is 0 Å². The fourth-order valence-electron chi connectivity index (χ4n) is 2.71. The van der Waals surface area contributed by atoms with Crippen molar-refractivity contribution in [2.24, 2.45) is 5.41 Å². The van der Waals surface area contributed by atoms with E-state index in [1.165, 1.54) is 38.5 Å². The highest BCUT2D eigenvalue weighted by molar-refractivity contribution is 4.98. The van der Waals surface area contributed by atoms with E-state index in [4.69, 9.17) is 4.74 Å². The van der Waals surface area contributed by atoms with Crippen molar-refractivity contribution in [2.75, 3.05) is 6.61 Å². The van der Waals surface area contributed by atoms with Gasteiger partial charge in [-0.25, -0.2) is 0 Å². The number of hydrogen-bond donors (Lipinski definition) is 0. The predicted molar refractivity (Wildman–Crippen MR) is 75.3 cm³/mol. The van der Waals surface area contributed by atoms with Gasteiger partial charge in [0, 0.05) is 6.61 Å². The minimum atomic E-state index is 0.146. The highest BCUT2D eigenvalue weighted by atomic mass is 16.5. The summed E-state index contributed by atoms with van der Waals surface area (Å²) < 4.78 is 6.11. The Labute approximate surface area is 108 Å². The van der Waals surface area contributed by atoms with Crippen molar-refractivity contribution in [3.8, 4) is 0 Å². The molecule has 1 aliphatic carbocycles. The molecule has 1 heteroatoms. The fraction of sp³-hybridized carbons (Fsp3) is 0.875. The molecule has 0 amide bonds. The van der Waals surface area contributed by atoms with Gasteiger partial charge in [-0.05, 0) is 31.6 Å². The van der Waals surface area contributed by atoms with E-state index in [0.29, 0.717) is 0 Å². The van der Waals surface area contributed by atoms with Crippen LogP contribution in [0.5, 0.6) is 0 Å². The Bertz CT molecular complexity index is 226. The summed E-state index contributed by atoms with van der Waals surface area (Å²) in [4.78, 5) is 0. The maximum absolute atomic E-state index is 6.11. The molecule has 0 bridgehead atoms. The Morgan fingerprint density at radius 2 is 1.65 bits per heavy atom. The van der Waals surface area contributed by atoms with E-state index in [-0.39, 0.29) is 11.0 Å². The first-order valence-electron chi connectivity index (χ1n) is 7.29. The van der Waals surface area contributed by atoms with E-state index in [2.05, 4.69) is 39.8 Å². The molecule has 0 aliphatic heterocycles. The number of rotatable bonds is 4. The minimum absolute atomic E-state index is 0.146. The van der Waals surface area contributed by atoms with Crippen LogP contribution in [0.4, 0.5) is 0 Å². The Morgan fingerprint density at radius 3 is 2.12 bits per heavy atom. The van der Waals surface area contributed by atoms with Gasteiger partial charge in [0.1, 0.15) is 0 Å². The third-order valence-electron chi connectivity index (χ3n) is 3.57. The second kappa shape index (κ2) is 6.58. The number of hydrogen-bond acceptors (Lipinski definition) is 1. The van der Waals surface area contributed by atoms with Crippen molar-refractivity contribution in [3.05, 3.63) is 12.2 Å². The maximum atomic E-state index is 6.11.